The van der Waals surface area contributed by atoms with E-state index in [9.17, 15) is 4.79 Å². The Morgan fingerprint density at radius 3 is 2.57 bits per heavy atom. The number of rotatable bonds is 6. The molecule has 1 unspecified atom stereocenters. The maximum Gasteiger partial charge on any atom is 0.407 e. The van der Waals surface area contributed by atoms with E-state index in [2.05, 4.69) is 29.0 Å². The van der Waals surface area contributed by atoms with Gasteiger partial charge < -0.3 is 15.0 Å². The van der Waals surface area contributed by atoms with E-state index in [4.69, 9.17) is 4.74 Å². The van der Waals surface area contributed by atoms with Crippen LogP contribution in [0.1, 0.15) is 25.8 Å². The number of ether oxygens (including phenoxy) is 1. The maximum atomic E-state index is 12.1. The smallest absolute Gasteiger partial charge is 0.407 e. The Labute approximate surface area is 139 Å². The van der Waals surface area contributed by atoms with Gasteiger partial charge in [0.05, 0.1) is 6.04 Å². The number of nitrogens with zero attached hydrogens (tertiary/aromatic N) is 2. The third-order valence-electron chi connectivity index (χ3n) is 4.21. The zero-order valence-corrected chi connectivity index (χ0v) is 14.3. The van der Waals surface area contributed by atoms with E-state index in [1.807, 2.05) is 30.3 Å². The minimum atomic E-state index is -0.326. The lowest BCUT2D eigenvalue weighted by atomic mass is 10.2. The van der Waals surface area contributed by atoms with Gasteiger partial charge in [-0.3, -0.25) is 4.90 Å². The Morgan fingerprint density at radius 1 is 1.17 bits per heavy atom. The molecular formula is C18H29N3O2. The van der Waals surface area contributed by atoms with Crippen molar-refractivity contribution in [2.24, 2.45) is 0 Å². The van der Waals surface area contributed by atoms with Crippen LogP contribution in [0.25, 0.3) is 0 Å². The molecule has 1 amide bonds. The molecule has 1 heterocycles. The molecule has 1 aliphatic rings. The van der Waals surface area contributed by atoms with Crippen LogP contribution in [-0.4, -0.2) is 61.2 Å². The summed E-state index contributed by atoms with van der Waals surface area (Å²) in [5.74, 6) is 0. The molecule has 5 heteroatoms. The predicted molar refractivity (Wildman–Crippen MR) is 92.4 cm³/mol. The van der Waals surface area contributed by atoms with Crippen LogP contribution in [0.4, 0.5) is 4.79 Å². The van der Waals surface area contributed by atoms with Gasteiger partial charge in [0.25, 0.3) is 0 Å². The first-order valence-corrected chi connectivity index (χ1v) is 8.63. The molecule has 1 N–H and O–H groups in total. The van der Waals surface area contributed by atoms with E-state index in [1.54, 1.807) is 0 Å². The van der Waals surface area contributed by atoms with Crippen molar-refractivity contribution in [3.8, 4) is 0 Å². The van der Waals surface area contributed by atoms with Gasteiger partial charge in [0.1, 0.15) is 6.61 Å². The molecular weight excluding hydrogens is 290 g/mol. The lowest BCUT2D eigenvalue weighted by Crippen LogP contribution is -2.47. The molecule has 23 heavy (non-hydrogen) atoms. The predicted octanol–water partition coefficient (Wildman–Crippen LogP) is 2.33. The number of alkyl carbamates (subject to hydrolysis) is 1. The minimum Gasteiger partial charge on any atom is -0.445 e. The van der Waals surface area contributed by atoms with Gasteiger partial charge in [-0.2, -0.15) is 0 Å². The average Bonchev–Trinajstić information content (AvgIpc) is 2.76. The molecule has 1 aliphatic heterocycles. The highest BCUT2D eigenvalue weighted by Crippen LogP contribution is 2.06. The van der Waals surface area contributed by atoms with Crippen LogP contribution in [0.2, 0.25) is 0 Å². The van der Waals surface area contributed by atoms with Crippen LogP contribution in [0, 0.1) is 0 Å². The normalized spacial score (nSPS) is 20.0. The summed E-state index contributed by atoms with van der Waals surface area (Å²) in [6, 6.07) is 9.89. The van der Waals surface area contributed by atoms with Crippen molar-refractivity contribution in [1.29, 1.82) is 0 Å². The number of amides is 1. The monoisotopic (exact) mass is 319 g/mol. The van der Waals surface area contributed by atoms with Crippen molar-refractivity contribution >= 4 is 6.09 Å². The number of hydrogen-bond acceptors (Lipinski definition) is 4. The molecule has 5 nitrogen and oxygen atoms in total. The molecule has 2 rings (SSSR count). The highest BCUT2D eigenvalue weighted by atomic mass is 16.5. The fourth-order valence-electron chi connectivity index (χ4n) is 2.98. The van der Waals surface area contributed by atoms with Crippen molar-refractivity contribution < 1.29 is 9.53 Å². The Balaban J connectivity index is 1.83. The van der Waals surface area contributed by atoms with Gasteiger partial charge in [0, 0.05) is 26.2 Å². The van der Waals surface area contributed by atoms with Crippen molar-refractivity contribution in [1.82, 2.24) is 15.1 Å². The zero-order chi connectivity index (χ0) is 16.5. The van der Waals surface area contributed by atoms with E-state index >= 15 is 0 Å². The summed E-state index contributed by atoms with van der Waals surface area (Å²) in [5, 5.41) is 3.04. The van der Waals surface area contributed by atoms with Crippen LogP contribution < -0.4 is 5.32 Å². The van der Waals surface area contributed by atoms with Crippen LogP contribution in [0.5, 0.6) is 0 Å². The highest BCUT2D eigenvalue weighted by molar-refractivity contribution is 5.67. The van der Waals surface area contributed by atoms with E-state index in [0.717, 1.165) is 51.3 Å². The summed E-state index contributed by atoms with van der Waals surface area (Å²) in [5.41, 5.74) is 1.01. The summed E-state index contributed by atoms with van der Waals surface area (Å²) in [6.45, 7) is 10.7. The van der Waals surface area contributed by atoms with Crippen molar-refractivity contribution in [2.45, 2.75) is 32.9 Å². The van der Waals surface area contributed by atoms with Crippen LogP contribution >= 0.6 is 0 Å². The van der Waals surface area contributed by atoms with E-state index in [0.29, 0.717) is 6.61 Å². The number of benzene rings is 1. The Kier molecular flexibility index (Phi) is 7.36. The molecule has 0 saturated carbocycles. The number of nitrogens with one attached hydrogen (secondary N) is 1. The molecule has 0 aromatic heterocycles. The fraction of sp³-hybridized carbons (Fsp3) is 0.611. The Bertz CT molecular complexity index is 467. The van der Waals surface area contributed by atoms with Crippen LogP contribution in [-0.2, 0) is 11.3 Å². The number of carbonyl (C=O) groups excluding carboxylic acids is 1. The van der Waals surface area contributed by atoms with Gasteiger partial charge in [-0.15, -0.1) is 0 Å². The first-order chi connectivity index (χ1) is 11.2. The second-order valence-electron chi connectivity index (χ2n) is 6.10. The summed E-state index contributed by atoms with van der Waals surface area (Å²) in [6.07, 6.45) is 0.811. The SMILES string of the molecule is CCCN1CCN(CC)CC(NC(=O)OCc2ccccc2)C1. The zero-order valence-electron chi connectivity index (χ0n) is 14.3. The molecule has 0 radical (unpaired) electrons. The third kappa shape index (κ3) is 6.20. The number of hydrogen-bond donors (Lipinski definition) is 1. The molecule has 1 atom stereocenters. The largest absolute Gasteiger partial charge is 0.445 e. The molecule has 1 aromatic rings. The average molecular weight is 319 g/mol. The maximum absolute atomic E-state index is 12.1. The Morgan fingerprint density at radius 2 is 1.87 bits per heavy atom. The molecule has 1 aromatic carbocycles. The molecule has 1 fully saturated rings. The number of likely N-dealkylation sites (N-methyl/N-ethyl adjacent to an activating group) is 1. The topological polar surface area (TPSA) is 44.8 Å². The van der Waals surface area contributed by atoms with Gasteiger partial charge in [-0.1, -0.05) is 44.2 Å². The third-order valence-corrected chi connectivity index (χ3v) is 4.21. The van der Waals surface area contributed by atoms with Crippen molar-refractivity contribution in [3.63, 3.8) is 0 Å². The first-order valence-electron chi connectivity index (χ1n) is 8.63. The van der Waals surface area contributed by atoms with Gasteiger partial charge in [-0.25, -0.2) is 4.79 Å². The van der Waals surface area contributed by atoms with Crippen LogP contribution in [0.3, 0.4) is 0 Å². The number of carbonyl (C=O) groups is 1. The first kappa shape index (κ1) is 17.8. The highest BCUT2D eigenvalue weighted by Gasteiger charge is 2.23. The molecule has 0 bridgehead atoms. The minimum absolute atomic E-state index is 0.118. The standard InChI is InChI=1S/C18H29N3O2/c1-3-10-21-12-11-20(4-2)13-17(14-21)19-18(22)23-15-16-8-6-5-7-9-16/h5-9,17H,3-4,10-15H2,1-2H3,(H,19,22). The summed E-state index contributed by atoms with van der Waals surface area (Å²) in [7, 11) is 0. The van der Waals surface area contributed by atoms with E-state index in [-0.39, 0.29) is 12.1 Å². The molecule has 0 spiro atoms. The lowest BCUT2D eigenvalue weighted by molar-refractivity contribution is 0.131. The van der Waals surface area contributed by atoms with E-state index in [1.165, 1.54) is 0 Å². The second kappa shape index (κ2) is 9.53. The summed E-state index contributed by atoms with van der Waals surface area (Å²) in [4.78, 5) is 16.9. The fourth-order valence-corrected chi connectivity index (χ4v) is 2.98. The van der Waals surface area contributed by atoms with Gasteiger partial charge >= 0.3 is 6.09 Å². The molecule has 128 valence electrons. The quantitative estimate of drug-likeness (QED) is 0.874. The van der Waals surface area contributed by atoms with Crippen molar-refractivity contribution in [2.75, 3.05) is 39.3 Å². The summed E-state index contributed by atoms with van der Waals surface area (Å²) < 4.78 is 5.35. The van der Waals surface area contributed by atoms with Gasteiger partial charge in [0.2, 0.25) is 0 Å². The van der Waals surface area contributed by atoms with Gasteiger partial charge in [-0.05, 0) is 25.1 Å². The van der Waals surface area contributed by atoms with Crippen molar-refractivity contribution in [3.05, 3.63) is 35.9 Å². The molecule has 0 aliphatic carbocycles. The molecule has 1 saturated heterocycles. The van der Waals surface area contributed by atoms with Gasteiger partial charge in [0.15, 0.2) is 0 Å². The van der Waals surface area contributed by atoms with E-state index < -0.39 is 0 Å². The lowest BCUT2D eigenvalue weighted by Gasteiger charge is -2.24. The summed E-state index contributed by atoms with van der Waals surface area (Å²) >= 11 is 0. The Hall–Kier alpha value is -1.59. The van der Waals surface area contributed by atoms with Crippen LogP contribution in [0.15, 0.2) is 30.3 Å². The second-order valence-corrected chi connectivity index (χ2v) is 6.10.